The number of nitrogens with zero attached hydrogens (tertiary/aromatic N) is 2. The average Bonchev–Trinajstić information content (AvgIpc) is 2.31. The summed E-state index contributed by atoms with van der Waals surface area (Å²) in [4.78, 5) is 19.4. The predicted octanol–water partition coefficient (Wildman–Crippen LogP) is -0.206. The Morgan fingerprint density at radius 2 is 2.56 bits per heavy atom. The molecule has 6 heteroatoms. The number of hydrogen-bond acceptors (Lipinski definition) is 5. The van der Waals surface area contributed by atoms with Crippen LogP contribution in [0.4, 0.5) is 5.82 Å². The molecule has 1 unspecified atom stereocenters. The monoisotopic (exact) mass is 222 g/mol. The second kappa shape index (κ2) is 5.53. The molecular weight excluding hydrogens is 208 g/mol. The molecule has 16 heavy (non-hydrogen) atoms. The highest BCUT2D eigenvalue weighted by Crippen LogP contribution is 2.04. The summed E-state index contributed by atoms with van der Waals surface area (Å²) in [6.07, 6.45) is 4.89. The van der Waals surface area contributed by atoms with Crippen LogP contribution in [0.5, 0.6) is 0 Å². The van der Waals surface area contributed by atoms with Crippen LogP contribution in [0.1, 0.15) is 6.42 Å². The molecule has 1 amide bonds. The van der Waals surface area contributed by atoms with Gasteiger partial charge in [-0.2, -0.15) is 0 Å². The van der Waals surface area contributed by atoms with E-state index in [2.05, 4.69) is 20.6 Å². The van der Waals surface area contributed by atoms with Crippen LogP contribution in [0.2, 0.25) is 0 Å². The van der Waals surface area contributed by atoms with Crippen LogP contribution in [0.25, 0.3) is 0 Å². The van der Waals surface area contributed by atoms with Gasteiger partial charge in [0, 0.05) is 25.5 Å². The van der Waals surface area contributed by atoms with E-state index in [9.17, 15) is 4.79 Å². The molecule has 1 atom stereocenters. The van der Waals surface area contributed by atoms with E-state index >= 15 is 0 Å². The summed E-state index contributed by atoms with van der Waals surface area (Å²) in [5.74, 6) is 0.366. The average molecular weight is 222 g/mol. The molecule has 0 aromatic carbocycles. The lowest BCUT2D eigenvalue weighted by Gasteiger charge is -2.22. The van der Waals surface area contributed by atoms with Crippen molar-refractivity contribution >= 4 is 11.7 Å². The van der Waals surface area contributed by atoms with Gasteiger partial charge in [-0.05, 0) is 0 Å². The Balaban J connectivity index is 1.80. The Kier molecular flexibility index (Phi) is 3.79. The largest absolute Gasteiger partial charge is 0.375 e. The van der Waals surface area contributed by atoms with E-state index in [0.717, 1.165) is 6.54 Å². The van der Waals surface area contributed by atoms with Crippen LogP contribution in [0, 0.1) is 0 Å². The maximum atomic E-state index is 11.6. The number of carbonyl (C=O) groups is 1. The Morgan fingerprint density at radius 3 is 3.25 bits per heavy atom. The van der Waals surface area contributed by atoms with Gasteiger partial charge in [0.25, 0.3) is 0 Å². The van der Waals surface area contributed by atoms with Gasteiger partial charge in [0.15, 0.2) is 5.82 Å². The zero-order valence-electron chi connectivity index (χ0n) is 8.85. The Morgan fingerprint density at radius 1 is 1.62 bits per heavy atom. The summed E-state index contributed by atoms with van der Waals surface area (Å²) in [6, 6.07) is 0. The van der Waals surface area contributed by atoms with Gasteiger partial charge in [0.2, 0.25) is 5.91 Å². The van der Waals surface area contributed by atoms with Crippen LogP contribution in [0.15, 0.2) is 18.6 Å². The van der Waals surface area contributed by atoms with Gasteiger partial charge < -0.3 is 15.4 Å². The summed E-state index contributed by atoms with van der Waals surface area (Å²) in [7, 11) is 0. The Labute approximate surface area is 93.4 Å². The molecule has 1 fully saturated rings. The third-order valence-corrected chi connectivity index (χ3v) is 2.25. The number of carbonyl (C=O) groups excluding carboxylic acids is 1. The molecule has 1 aromatic rings. The fraction of sp³-hybridized carbons (Fsp3) is 0.500. The molecule has 1 saturated heterocycles. The number of rotatable bonds is 3. The van der Waals surface area contributed by atoms with Crippen molar-refractivity contribution in [3.8, 4) is 0 Å². The fourth-order valence-corrected chi connectivity index (χ4v) is 1.52. The number of aromatic nitrogens is 2. The molecule has 2 N–H and O–H groups in total. The van der Waals surface area contributed by atoms with Crippen molar-refractivity contribution in [3.63, 3.8) is 0 Å². The van der Waals surface area contributed by atoms with Gasteiger partial charge in [-0.3, -0.25) is 9.78 Å². The summed E-state index contributed by atoms with van der Waals surface area (Å²) >= 11 is 0. The first kappa shape index (κ1) is 11.0. The molecule has 1 aliphatic rings. The first-order chi connectivity index (χ1) is 7.84. The first-order valence-corrected chi connectivity index (χ1v) is 5.23. The summed E-state index contributed by atoms with van der Waals surface area (Å²) in [6.45, 7) is 2.22. The van der Waals surface area contributed by atoms with Crippen LogP contribution in [-0.2, 0) is 9.53 Å². The van der Waals surface area contributed by atoms with E-state index in [1.807, 2.05) is 0 Å². The molecule has 0 aliphatic carbocycles. The molecule has 1 aliphatic heterocycles. The normalized spacial score (nSPS) is 20.4. The second-order valence-electron chi connectivity index (χ2n) is 3.54. The lowest BCUT2D eigenvalue weighted by Crippen LogP contribution is -2.40. The van der Waals surface area contributed by atoms with Crippen LogP contribution in [-0.4, -0.2) is 41.7 Å². The highest BCUT2D eigenvalue weighted by Gasteiger charge is 2.17. The van der Waals surface area contributed by atoms with Crippen molar-refractivity contribution in [2.24, 2.45) is 0 Å². The van der Waals surface area contributed by atoms with Gasteiger partial charge in [-0.15, -0.1) is 0 Å². The maximum Gasteiger partial charge on any atom is 0.228 e. The zero-order valence-corrected chi connectivity index (χ0v) is 8.85. The standard InChI is InChI=1S/C10H14N4O2/c15-10(5-8-6-12-3-4-16-8)14-9-7-11-1-2-13-9/h1-2,7-8,12H,3-6H2,(H,13,14,15). The van der Waals surface area contributed by atoms with Gasteiger partial charge >= 0.3 is 0 Å². The first-order valence-electron chi connectivity index (χ1n) is 5.23. The SMILES string of the molecule is O=C(CC1CNCCO1)Nc1cnccn1. The third kappa shape index (κ3) is 3.25. The highest BCUT2D eigenvalue weighted by molar-refractivity contribution is 5.89. The van der Waals surface area contributed by atoms with Crippen molar-refractivity contribution in [2.45, 2.75) is 12.5 Å². The minimum absolute atomic E-state index is 0.0505. The quantitative estimate of drug-likeness (QED) is 0.740. The second-order valence-corrected chi connectivity index (χ2v) is 3.54. The molecule has 6 nitrogen and oxygen atoms in total. The number of nitrogens with one attached hydrogen (secondary N) is 2. The van der Waals surface area contributed by atoms with Crippen LogP contribution < -0.4 is 10.6 Å². The van der Waals surface area contributed by atoms with E-state index in [-0.39, 0.29) is 12.0 Å². The topological polar surface area (TPSA) is 76.1 Å². The van der Waals surface area contributed by atoms with Gasteiger partial charge in [0.05, 0.1) is 25.3 Å². The van der Waals surface area contributed by atoms with Crippen LogP contribution >= 0.6 is 0 Å². The number of hydrogen-bond donors (Lipinski definition) is 2. The Bertz CT molecular complexity index is 338. The third-order valence-electron chi connectivity index (χ3n) is 2.25. The minimum atomic E-state index is -0.103. The zero-order chi connectivity index (χ0) is 11.2. The number of morpholine rings is 1. The van der Waals surface area contributed by atoms with E-state index in [1.54, 1.807) is 6.20 Å². The van der Waals surface area contributed by atoms with Crippen molar-refractivity contribution in [1.82, 2.24) is 15.3 Å². The number of amides is 1. The molecule has 0 bridgehead atoms. The molecule has 1 aromatic heterocycles. The van der Waals surface area contributed by atoms with Gasteiger partial charge in [0.1, 0.15) is 0 Å². The molecule has 0 saturated carbocycles. The molecular formula is C10H14N4O2. The fourth-order valence-electron chi connectivity index (χ4n) is 1.52. The van der Waals surface area contributed by atoms with Gasteiger partial charge in [-0.25, -0.2) is 4.98 Å². The molecule has 2 rings (SSSR count). The highest BCUT2D eigenvalue weighted by atomic mass is 16.5. The lowest BCUT2D eigenvalue weighted by atomic mass is 10.2. The van der Waals surface area contributed by atoms with E-state index < -0.39 is 0 Å². The molecule has 0 radical (unpaired) electrons. The number of anilines is 1. The van der Waals surface area contributed by atoms with Crippen LogP contribution in [0.3, 0.4) is 0 Å². The van der Waals surface area contributed by atoms with Crippen molar-refractivity contribution < 1.29 is 9.53 Å². The molecule has 2 heterocycles. The number of ether oxygens (including phenoxy) is 1. The van der Waals surface area contributed by atoms with Crippen molar-refractivity contribution in [3.05, 3.63) is 18.6 Å². The maximum absolute atomic E-state index is 11.6. The van der Waals surface area contributed by atoms with Gasteiger partial charge in [-0.1, -0.05) is 0 Å². The minimum Gasteiger partial charge on any atom is -0.375 e. The Hall–Kier alpha value is -1.53. The van der Waals surface area contributed by atoms with Crippen molar-refractivity contribution in [1.29, 1.82) is 0 Å². The molecule has 0 spiro atoms. The smallest absolute Gasteiger partial charge is 0.228 e. The predicted molar refractivity (Wildman–Crippen MR) is 57.9 cm³/mol. The summed E-state index contributed by atoms with van der Waals surface area (Å²) < 4.78 is 5.43. The van der Waals surface area contributed by atoms with E-state index in [4.69, 9.17) is 4.74 Å². The molecule has 86 valence electrons. The summed E-state index contributed by atoms with van der Waals surface area (Å²) in [5.41, 5.74) is 0. The van der Waals surface area contributed by atoms with E-state index in [1.165, 1.54) is 12.4 Å². The van der Waals surface area contributed by atoms with Crippen molar-refractivity contribution in [2.75, 3.05) is 25.0 Å². The summed E-state index contributed by atoms with van der Waals surface area (Å²) in [5, 5.41) is 5.84. The lowest BCUT2D eigenvalue weighted by molar-refractivity contribution is -0.119. The van der Waals surface area contributed by atoms with E-state index in [0.29, 0.717) is 25.4 Å².